The van der Waals surface area contributed by atoms with Gasteiger partial charge >= 0.3 is 23.9 Å². The fraction of sp³-hybridized carbons (Fsp3) is 0.125. The third kappa shape index (κ3) is 3.29. The predicted molar refractivity (Wildman–Crippen MR) is 87.1 cm³/mol. The maximum Gasteiger partial charge on any atom is 0.365 e. The smallest absolute Gasteiger partial charge is 0.365 e. The fourth-order valence-corrected chi connectivity index (χ4v) is 2.47. The van der Waals surface area contributed by atoms with Gasteiger partial charge in [0.2, 0.25) is 0 Å². The molecule has 0 aliphatic carbocycles. The number of ether oxygens (including phenoxy) is 2. The van der Waals surface area contributed by atoms with Crippen molar-refractivity contribution in [2.24, 2.45) is 0 Å². The first-order valence-electron chi connectivity index (χ1n) is 7.07. The molecule has 0 unspecified atom stereocenters. The number of carbonyl (C=O) groups excluding carboxylic acids is 4. The van der Waals surface area contributed by atoms with Gasteiger partial charge in [-0.1, -0.05) is 0 Å². The Balaban J connectivity index is 0.000000151. The highest BCUT2D eigenvalue weighted by molar-refractivity contribution is 6.18. The van der Waals surface area contributed by atoms with Crippen molar-refractivity contribution in [1.82, 2.24) is 9.97 Å². The zero-order valence-electron chi connectivity index (χ0n) is 12.8. The first-order chi connectivity index (χ1) is 12.4. The van der Waals surface area contributed by atoms with Crippen molar-refractivity contribution in [3.63, 3.8) is 0 Å². The number of alkyl halides is 2. The average molecular weight is 395 g/mol. The number of cyclic esters (lactones) is 4. The summed E-state index contributed by atoms with van der Waals surface area (Å²) in [4.78, 5) is 51.5. The van der Waals surface area contributed by atoms with E-state index in [2.05, 4.69) is 19.4 Å². The highest BCUT2D eigenvalue weighted by atomic mass is 35.5. The zero-order chi connectivity index (χ0) is 18.8. The molecule has 0 N–H and O–H groups in total. The molecule has 0 radical (unpaired) electrons. The molecular weight excluding hydrogens is 387 g/mol. The molecular formula is C16H8Cl2N2O6. The van der Waals surface area contributed by atoms with Crippen LogP contribution >= 0.6 is 23.2 Å². The maximum absolute atomic E-state index is 11.0. The van der Waals surface area contributed by atoms with E-state index in [1.165, 1.54) is 24.5 Å². The monoisotopic (exact) mass is 394 g/mol. The minimum atomic E-state index is -0.693. The van der Waals surface area contributed by atoms with E-state index in [1.54, 1.807) is 0 Å². The summed E-state index contributed by atoms with van der Waals surface area (Å²) in [6.45, 7) is 0. The number of pyridine rings is 2. The Kier molecular flexibility index (Phi) is 4.97. The number of hydrogen-bond donors (Lipinski definition) is 0. The summed E-state index contributed by atoms with van der Waals surface area (Å²) in [7, 11) is 0. The van der Waals surface area contributed by atoms with Gasteiger partial charge in [0.05, 0.1) is 11.1 Å². The summed E-state index contributed by atoms with van der Waals surface area (Å²) in [6.07, 6.45) is 2.90. The molecule has 0 saturated carbocycles. The summed E-state index contributed by atoms with van der Waals surface area (Å²) in [6, 6.07) is 3.03. The third-order valence-corrected chi connectivity index (χ3v) is 4.01. The lowest BCUT2D eigenvalue weighted by molar-refractivity contribution is 0.0423. The molecule has 0 saturated heterocycles. The Bertz CT molecular complexity index is 882. The van der Waals surface area contributed by atoms with Crippen LogP contribution in [0.4, 0.5) is 0 Å². The van der Waals surface area contributed by atoms with Gasteiger partial charge in [0.1, 0.15) is 0 Å². The maximum atomic E-state index is 11.0. The molecule has 0 amide bonds. The van der Waals surface area contributed by atoms with Gasteiger partial charge in [-0.05, 0) is 23.3 Å². The highest BCUT2D eigenvalue weighted by Gasteiger charge is 2.32. The van der Waals surface area contributed by atoms with Gasteiger partial charge in [0, 0.05) is 24.2 Å². The first-order valence-corrected chi connectivity index (χ1v) is 8.14. The van der Waals surface area contributed by atoms with Crippen LogP contribution in [0.25, 0.3) is 0 Å². The van der Waals surface area contributed by atoms with Crippen LogP contribution in [0.1, 0.15) is 52.8 Å². The van der Waals surface area contributed by atoms with Crippen LogP contribution in [0.5, 0.6) is 0 Å². The van der Waals surface area contributed by atoms with Gasteiger partial charge in [0.15, 0.2) is 11.4 Å². The second kappa shape index (κ2) is 7.19. The van der Waals surface area contributed by atoms with E-state index >= 15 is 0 Å². The Morgan fingerprint density at radius 3 is 1.42 bits per heavy atom. The Morgan fingerprint density at radius 1 is 0.692 bits per heavy atom. The van der Waals surface area contributed by atoms with E-state index in [9.17, 15) is 19.2 Å². The van der Waals surface area contributed by atoms with Crippen LogP contribution < -0.4 is 0 Å². The molecule has 2 aromatic rings. The van der Waals surface area contributed by atoms with Crippen LogP contribution in [0.2, 0.25) is 0 Å². The second-order valence-electron chi connectivity index (χ2n) is 5.10. The second-order valence-corrected chi connectivity index (χ2v) is 5.64. The van der Waals surface area contributed by atoms with Crippen LogP contribution in [-0.4, -0.2) is 33.8 Å². The minimum Gasteiger partial charge on any atom is -0.384 e. The number of carbonyl (C=O) groups is 4. The Labute approximate surface area is 156 Å². The summed E-state index contributed by atoms with van der Waals surface area (Å²) >= 11 is 11.1. The molecule has 0 spiro atoms. The van der Waals surface area contributed by atoms with E-state index in [0.717, 1.165) is 0 Å². The molecule has 2 aromatic heterocycles. The Morgan fingerprint density at radius 2 is 1.08 bits per heavy atom. The van der Waals surface area contributed by atoms with E-state index < -0.39 is 23.9 Å². The molecule has 2 aliphatic rings. The van der Waals surface area contributed by atoms with Crippen LogP contribution in [0.3, 0.4) is 0 Å². The van der Waals surface area contributed by atoms with Crippen molar-refractivity contribution in [2.75, 3.05) is 0 Å². The molecule has 0 aromatic carbocycles. The fourth-order valence-electron chi connectivity index (χ4n) is 2.17. The van der Waals surface area contributed by atoms with Gasteiger partial charge in [-0.25, -0.2) is 29.1 Å². The number of esters is 4. The third-order valence-electron chi connectivity index (χ3n) is 3.39. The van der Waals surface area contributed by atoms with E-state index in [4.69, 9.17) is 23.2 Å². The summed E-state index contributed by atoms with van der Waals surface area (Å²) in [5, 5.41) is 0. The lowest BCUT2D eigenvalue weighted by Gasteiger charge is -1.94. The van der Waals surface area contributed by atoms with Crippen LogP contribution in [0, 0.1) is 0 Å². The average Bonchev–Trinajstić information content (AvgIpc) is 3.10. The predicted octanol–water partition coefficient (Wildman–Crippen LogP) is 2.26. The summed E-state index contributed by atoms with van der Waals surface area (Å²) < 4.78 is 8.70. The number of nitrogens with zero attached hydrogens (tertiary/aromatic N) is 2. The van der Waals surface area contributed by atoms with Crippen molar-refractivity contribution in [1.29, 1.82) is 0 Å². The number of hydrogen-bond acceptors (Lipinski definition) is 8. The molecule has 0 fully saturated rings. The molecule has 132 valence electrons. The molecule has 10 heteroatoms. The molecule has 0 atom stereocenters. The van der Waals surface area contributed by atoms with Gasteiger partial charge in [-0.2, -0.15) is 0 Å². The normalized spacial score (nSPS) is 14.2. The summed E-state index contributed by atoms with van der Waals surface area (Å²) in [5.41, 5.74) is 1.91. The lowest BCUT2D eigenvalue weighted by atomic mass is 10.2. The standard InChI is InChI=1S/2C8H4ClNO3/c2*9-2-4-1-5-6(10-3-4)8(12)13-7(5)11/h2*1,3H,2H2. The van der Waals surface area contributed by atoms with E-state index in [0.29, 0.717) is 11.1 Å². The lowest BCUT2D eigenvalue weighted by Crippen LogP contribution is -1.97. The topological polar surface area (TPSA) is 113 Å². The first kappa shape index (κ1) is 18.0. The summed E-state index contributed by atoms with van der Waals surface area (Å²) in [5.74, 6) is -2.19. The van der Waals surface area contributed by atoms with Gasteiger partial charge in [-0.3, -0.25) is 0 Å². The minimum absolute atomic E-state index is 0.0684. The van der Waals surface area contributed by atoms with Gasteiger partial charge in [-0.15, -0.1) is 23.2 Å². The van der Waals surface area contributed by atoms with Gasteiger partial charge < -0.3 is 9.47 Å². The SMILES string of the molecule is O=C1OC(=O)c2ncc(CCl)cc21.O=C1OC(=O)c2ncc(CCl)cc21. The molecule has 2 aliphatic heterocycles. The zero-order valence-corrected chi connectivity index (χ0v) is 14.3. The van der Waals surface area contributed by atoms with E-state index in [-0.39, 0.29) is 34.3 Å². The van der Waals surface area contributed by atoms with Crippen LogP contribution in [0.15, 0.2) is 24.5 Å². The number of halogens is 2. The molecule has 26 heavy (non-hydrogen) atoms. The van der Waals surface area contributed by atoms with Crippen molar-refractivity contribution < 1.29 is 28.7 Å². The quantitative estimate of drug-likeness (QED) is 0.432. The van der Waals surface area contributed by atoms with Crippen LogP contribution in [-0.2, 0) is 21.2 Å². The molecule has 0 bridgehead atoms. The number of rotatable bonds is 2. The molecule has 4 heterocycles. The number of aromatic nitrogens is 2. The highest BCUT2D eigenvalue weighted by Crippen LogP contribution is 2.20. The van der Waals surface area contributed by atoms with Crippen molar-refractivity contribution in [2.45, 2.75) is 11.8 Å². The Hall–Kier alpha value is -2.84. The van der Waals surface area contributed by atoms with Gasteiger partial charge in [0.25, 0.3) is 0 Å². The van der Waals surface area contributed by atoms with Crippen molar-refractivity contribution in [3.05, 3.63) is 58.2 Å². The number of fused-ring (bicyclic) bond motifs is 2. The van der Waals surface area contributed by atoms with E-state index in [1.807, 2.05) is 0 Å². The largest absolute Gasteiger partial charge is 0.384 e. The van der Waals surface area contributed by atoms with Crippen molar-refractivity contribution in [3.8, 4) is 0 Å². The van der Waals surface area contributed by atoms with Crippen molar-refractivity contribution >= 4 is 47.1 Å². The molecule has 4 rings (SSSR count). The molecule has 8 nitrogen and oxygen atoms in total.